The number of nitrogens with zero attached hydrogens (tertiary/aromatic N) is 5. The van der Waals surface area contributed by atoms with Gasteiger partial charge in [-0.05, 0) is 41.6 Å². The van der Waals surface area contributed by atoms with Crippen LogP contribution in [0.3, 0.4) is 0 Å². The Bertz CT molecular complexity index is 983. The van der Waals surface area contributed by atoms with Gasteiger partial charge in [0, 0.05) is 13.0 Å². The van der Waals surface area contributed by atoms with Gasteiger partial charge in [0.05, 0.1) is 17.7 Å². The second-order valence-electron chi connectivity index (χ2n) is 6.16. The summed E-state index contributed by atoms with van der Waals surface area (Å²) in [4.78, 5) is 27.2. The minimum Gasteiger partial charge on any atom is -0.492 e. The van der Waals surface area contributed by atoms with Gasteiger partial charge in [-0.2, -0.15) is 4.80 Å². The smallest absolute Gasteiger partial charge is 0.261 e. The number of rotatable bonds is 7. The van der Waals surface area contributed by atoms with Crippen molar-refractivity contribution >= 4 is 11.8 Å². The number of tetrazole rings is 1. The molecular formula is C19H16FN5O3. The highest BCUT2D eigenvalue weighted by molar-refractivity contribution is 6.21. The van der Waals surface area contributed by atoms with Crippen LogP contribution in [-0.4, -0.2) is 50.1 Å². The Morgan fingerprint density at radius 3 is 2.29 bits per heavy atom. The first-order valence-electron chi connectivity index (χ1n) is 8.72. The van der Waals surface area contributed by atoms with Crippen molar-refractivity contribution in [1.29, 1.82) is 0 Å². The molecule has 0 bridgehead atoms. The molecule has 0 saturated heterocycles. The van der Waals surface area contributed by atoms with Crippen LogP contribution in [0.5, 0.6) is 5.75 Å². The van der Waals surface area contributed by atoms with Gasteiger partial charge in [0.1, 0.15) is 18.2 Å². The fraction of sp³-hybridized carbons (Fsp3) is 0.211. The Kier molecular flexibility index (Phi) is 4.79. The van der Waals surface area contributed by atoms with Crippen molar-refractivity contribution in [2.45, 2.75) is 13.0 Å². The monoisotopic (exact) mass is 381 g/mol. The van der Waals surface area contributed by atoms with E-state index in [0.29, 0.717) is 42.3 Å². The number of ether oxygens (including phenoxy) is 1. The standard InChI is InChI=1S/C19H16FN5O3/c20-13-5-7-14(8-6-13)28-12-11-25-22-17(21-23-25)9-10-24-18(26)15-3-1-2-4-16(15)19(24)27/h1-8H,9-12H2. The van der Waals surface area contributed by atoms with Gasteiger partial charge < -0.3 is 4.74 Å². The molecule has 0 aliphatic carbocycles. The third-order valence-corrected chi connectivity index (χ3v) is 4.31. The lowest BCUT2D eigenvalue weighted by atomic mass is 10.1. The van der Waals surface area contributed by atoms with E-state index in [4.69, 9.17) is 4.74 Å². The number of carbonyl (C=O) groups is 2. The van der Waals surface area contributed by atoms with Crippen LogP contribution in [0, 0.1) is 5.82 Å². The molecule has 0 saturated carbocycles. The number of carbonyl (C=O) groups excluding carboxylic acids is 2. The number of imide groups is 1. The third kappa shape index (κ3) is 3.59. The highest BCUT2D eigenvalue weighted by atomic mass is 19.1. The van der Waals surface area contributed by atoms with Crippen LogP contribution in [0.4, 0.5) is 4.39 Å². The van der Waals surface area contributed by atoms with E-state index in [1.165, 1.54) is 34.0 Å². The summed E-state index contributed by atoms with van der Waals surface area (Å²) in [6.07, 6.45) is 0.310. The molecular weight excluding hydrogens is 365 g/mol. The van der Waals surface area contributed by atoms with Crippen molar-refractivity contribution in [3.05, 3.63) is 71.3 Å². The maximum atomic E-state index is 12.9. The van der Waals surface area contributed by atoms with E-state index >= 15 is 0 Å². The molecule has 28 heavy (non-hydrogen) atoms. The molecule has 0 atom stereocenters. The lowest BCUT2D eigenvalue weighted by molar-refractivity contribution is 0.0655. The Morgan fingerprint density at radius 1 is 0.929 bits per heavy atom. The zero-order chi connectivity index (χ0) is 19.5. The molecule has 0 spiro atoms. The summed E-state index contributed by atoms with van der Waals surface area (Å²) in [5.74, 6) is 0.0417. The first kappa shape index (κ1) is 17.8. The third-order valence-electron chi connectivity index (χ3n) is 4.31. The van der Waals surface area contributed by atoms with Gasteiger partial charge in [-0.25, -0.2) is 4.39 Å². The summed E-state index contributed by atoms with van der Waals surface area (Å²) < 4.78 is 18.3. The van der Waals surface area contributed by atoms with Crippen molar-refractivity contribution in [2.75, 3.05) is 13.2 Å². The highest BCUT2D eigenvalue weighted by Crippen LogP contribution is 2.22. The summed E-state index contributed by atoms with van der Waals surface area (Å²) in [7, 11) is 0. The molecule has 0 radical (unpaired) electrons. The molecule has 142 valence electrons. The topological polar surface area (TPSA) is 90.2 Å². The van der Waals surface area contributed by atoms with Gasteiger partial charge in [-0.3, -0.25) is 14.5 Å². The Hall–Kier alpha value is -3.62. The minimum atomic E-state index is -0.326. The fourth-order valence-corrected chi connectivity index (χ4v) is 2.90. The van der Waals surface area contributed by atoms with Gasteiger partial charge >= 0.3 is 0 Å². The molecule has 1 aromatic heterocycles. The number of fused-ring (bicyclic) bond motifs is 1. The molecule has 4 rings (SSSR count). The Labute approximate surface area is 159 Å². The molecule has 1 aliphatic heterocycles. The predicted molar refractivity (Wildman–Crippen MR) is 95.2 cm³/mol. The minimum absolute atomic E-state index is 0.185. The van der Waals surface area contributed by atoms with E-state index in [9.17, 15) is 14.0 Å². The predicted octanol–water partition coefficient (Wildman–Crippen LogP) is 1.73. The first-order chi connectivity index (χ1) is 13.6. The van der Waals surface area contributed by atoms with Gasteiger partial charge in [0.25, 0.3) is 11.8 Å². The molecule has 9 heteroatoms. The van der Waals surface area contributed by atoms with Crippen molar-refractivity contribution in [3.8, 4) is 5.75 Å². The average molecular weight is 381 g/mol. The normalized spacial score (nSPS) is 13.1. The lowest BCUT2D eigenvalue weighted by Crippen LogP contribution is -2.32. The SMILES string of the molecule is O=C1c2ccccc2C(=O)N1CCc1nnn(CCOc2ccc(F)cc2)n1. The van der Waals surface area contributed by atoms with E-state index in [1.54, 1.807) is 24.3 Å². The number of halogens is 1. The molecule has 1 aliphatic rings. The average Bonchev–Trinajstić information content (AvgIpc) is 3.25. The van der Waals surface area contributed by atoms with Crippen LogP contribution in [-0.2, 0) is 13.0 Å². The summed E-state index contributed by atoms with van der Waals surface area (Å²) in [5, 5.41) is 12.1. The number of aromatic nitrogens is 4. The maximum absolute atomic E-state index is 12.9. The van der Waals surface area contributed by atoms with Crippen LogP contribution >= 0.6 is 0 Å². The van der Waals surface area contributed by atoms with Crippen LogP contribution in [0.25, 0.3) is 0 Å². The molecule has 0 unspecified atom stereocenters. The molecule has 2 aromatic carbocycles. The summed E-state index contributed by atoms with van der Waals surface area (Å²) in [6, 6.07) is 12.5. The first-order valence-corrected chi connectivity index (χ1v) is 8.72. The summed E-state index contributed by atoms with van der Waals surface area (Å²) >= 11 is 0. The van der Waals surface area contributed by atoms with Crippen LogP contribution in [0.15, 0.2) is 48.5 Å². The summed E-state index contributed by atoms with van der Waals surface area (Å²) in [5.41, 5.74) is 0.837. The zero-order valence-corrected chi connectivity index (χ0v) is 14.8. The van der Waals surface area contributed by atoms with Crippen molar-refractivity contribution in [2.24, 2.45) is 0 Å². The second-order valence-corrected chi connectivity index (χ2v) is 6.16. The van der Waals surface area contributed by atoms with Crippen LogP contribution < -0.4 is 4.74 Å². The van der Waals surface area contributed by atoms with Crippen molar-refractivity contribution in [3.63, 3.8) is 0 Å². The number of hydrogen-bond acceptors (Lipinski definition) is 6. The lowest BCUT2D eigenvalue weighted by Gasteiger charge is -2.11. The van der Waals surface area contributed by atoms with E-state index in [2.05, 4.69) is 15.4 Å². The van der Waals surface area contributed by atoms with Gasteiger partial charge in [-0.15, -0.1) is 10.2 Å². The number of hydrogen-bond donors (Lipinski definition) is 0. The van der Waals surface area contributed by atoms with E-state index < -0.39 is 0 Å². The summed E-state index contributed by atoms with van der Waals surface area (Å²) in [6.45, 7) is 0.835. The molecule has 2 heterocycles. The van der Waals surface area contributed by atoms with E-state index in [1.807, 2.05) is 0 Å². The van der Waals surface area contributed by atoms with Gasteiger partial charge in [-0.1, -0.05) is 12.1 Å². The fourth-order valence-electron chi connectivity index (χ4n) is 2.90. The van der Waals surface area contributed by atoms with Crippen LogP contribution in [0.1, 0.15) is 26.5 Å². The zero-order valence-electron chi connectivity index (χ0n) is 14.8. The van der Waals surface area contributed by atoms with Gasteiger partial charge in [0.15, 0.2) is 5.82 Å². The maximum Gasteiger partial charge on any atom is 0.261 e. The highest BCUT2D eigenvalue weighted by Gasteiger charge is 2.34. The number of benzene rings is 2. The van der Waals surface area contributed by atoms with Crippen LogP contribution in [0.2, 0.25) is 0 Å². The van der Waals surface area contributed by atoms with Crippen molar-refractivity contribution in [1.82, 2.24) is 25.1 Å². The van der Waals surface area contributed by atoms with Gasteiger partial charge in [0.2, 0.25) is 0 Å². The number of amides is 2. The van der Waals surface area contributed by atoms with Crippen molar-refractivity contribution < 1.29 is 18.7 Å². The Morgan fingerprint density at radius 2 is 1.61 bits per heavy atom. The van der Waals surface area contributed by atoms with E-state index in [-0.39, 0.29) is 24.2 Å². The molecule has 0 fully saturated rings. The largest absolute Gasteiger partial charge is 0.492 e. The molecule has 8 nitrogen and oxygen atoms in total. The molecule has 2 amide bonds. The molecule has 3 aromatic rings. The second kappa shape index (κ2) is 7.55. The Balaban J connectivity index is 1.29. The van der Waals surface area contributed by atoms with E-state index in [0.717, 1.165) is 0 Å². The quantitative estimate of drug-likeness (QED) is 0.579. The molecule has 0 N–H and O–H groups in total.